The predicted molar refractivity (Wildman–Crippen MR) is 75.5 cm³/mol. The highest BCUT2D eigenvalue weighted by atomic mass is 19.2. The number of halogens is 2. The molecule has 0 aliphatic heterocycles. The average Bonchev–Trinajstić information content (AvgIpc) is 2.45. The zero-order valence-electron chi connectivity index (χ0n) is 11.7. The smallest absolute Gasteiger partial charge is 0.159 e. The average molecular weight is 276 g/mol. The molecule has 0 bridgehead atoms. The number of rotatable bonds is 5. The van der Waals surface area contributed by atoms with Gasteiger partial charge >= 0.3 is 0 Å². The Kier molecular flexibility index (Phi) is 4.79. The van der Waals surface area contributed by atoms with Crippen molar-refractivity contribution in [2.75, 3.05) is 6.54 Å². The summed E-state index contributed by atoms with van der Waals surface area (Å²) in [6.07, 6.45) is 2.73. The molecule has 0 spiro atoms. The van der Waals surface area contributed by atoms with Crippen LogP contribution in [0, 0.1) is 18.6 Å². The zero-order valence-corrected chi connectivity index (χ0v) is 11.7. The van der Waals surface area contributed by atoms with Crippen LogP contribution in [0.4, 0.5) is 8.78 Å². The van der Waals surface area contributed by atoms with Gasteiger partial charge in [0, 0.05) is 11.9 Å². The Morgan fingerprint density at radius 2 is 1.85 bits per heavy atom. The van der Waals surface area contributed by atoms with Crippen molar-refractivity contribution in [2.24, 2.45) is 0 Å². The lowest BCUT2D eigenvalue weighted by molar-refractivity contribution is 0.503. The summed E-state index contributed by atoms with van der Waals surface area (Å²) in [7, 11) is 0. The second-order valence-electron chi connectivity index (χ2n) is 4.79. The third-order valence-corrected chi connectivity index (χ3v) is 3.14. The van der Waals surface area contributed by atoms with Crippen LogP contribution in [0.3, 0.4) is 0 Å². The molecule has 0 aliphatic rings. The molecule has 1 aromatic heterocycles. The van der Waals surface area contributed by atoms with E-state index >= 15 is 0 Å². The van der Waals surface area contributed by atoms with Gasteiger partial charge in [0.05, 0.1) is 6.04 Å². The number of nitrogens with zero attached hydrogens (tertiary/aromatic N) is 1. The van der Waals surface area contributed by atoms with E-state index in [1.54, 1.807) is 12.3 Å². The molecule has 0 fully saturated rings. The van der Waals surface area contributed by atoms with E-state index in [2.05, 4.69) is 17.2 Å². The van der Waals surface area contributed by atoms with E-state index in [4.69, 9.17) is 0 Å². The van der Waals surface area contributed by atoms with Crippen molar-refractivity contribution in [1.29, 1.82) is 0 Å². The van der Waals surface area contributed by atoms with E-state index in [0.717, 1.165) is 30.3 Å². The van der Waals surface area contributed by atoms with Crippen LogP contribution < -0.4 is 5.32 Å². The first kappa shape index (κ1) is 14.6. The maximum atomic E-state index is 13.4. The first-order valence-corrected chi connectivity index (χ1v) is 6.72. The number of nitrogens with one attached hydrogen (secondary N) is 1. The number of hydrogen-bond donors (Lipinski definition) is 1. The Morgan fingerprint density at radius 3 is 2.45 bits per heavy atom. The fourth-order valence-electron chi connectivity index (χ4n) is 2.06. The summed E-state index contributed by atoms with van der Waals surface area (Å²) in [5.41, 5.74) is 2.56. The van der Waals surface area contributed by atoms with E-state index < -0.39 is 11.6 Å². The molecule has 0 radical (unpaired) electrons. The highest BCUT2D eigenvalue weighted by Crippen LogP contribution is 2.23. The molecule has 2 nitrogen and oxygen atoms in total. The molecule has 1 unspecified atom stereocenters. The third-order valence-electron chi connectivity index (χ3n) is 3.14. The van der Waals surface area contributed by atoms with Crippen molar-refractivity contribution < 1.29 is 8.78 Å². The SMILES string of the molecule is CCCNC(c1ccc(C)nc1)c1ccc(F)c(F)c1. The van der Waals surface area contributed by atoms with Crippen molar-refractivity contribution >= 4 is 0 Å². The van der Waals surface area contributed by atoms with Crippen LogP contribution in [0.5, 0.6) is 0 Å². The normalized spacial score (nSPS) is 12.4. The van der Waals surface area contributed by atoms with E-state index in [0.29, 0.717) is 5.56 Å². The van der Waals surface area contributed by atoms with Gasteiger partial charge in [-0.2, -0.15) is 0 Å². The Bertz CT molecular complexity index is 567. The molecule has 0 aliphatic carbocycles. The van der Waals surface area contributed by atoms with Crippen LogP contribution in [0.15, 0.2) is 36.5 Å². The molecule has 1 heterocycles. The zero-order chi connectivity index (χ0) is 14.5. The molecular formula is C16H18F2N2. The molecule has 1 N–H and O–H groups in total. The molecular weight excluding hydrogens is 258 g/mol. The Balaban J connectivity index is 2.35. The monoisotopic (exact) mass is 276 g/mol. The quantitative estimate of drug-likeness (QED) is 0.899. The van der Waals surface area contributed by atoms with Crippen molar-refractivity contribution in [3.63, 3.8) is 0 Å². The van der Waals surface area contributed by atoms with Crippen molar-refractivity contribution in [3.05, 3.63) is 65.0 Å². The van der Waals surface area contributed by atoms with Gasteiger partial charge in [0.2, 0.25) is 0 Å². The molecule has 0 saturated heterocycles. The van der Waals surface area contributed by atoms with Crippen molar-refractivity contribution in [3.8, 4) is 0 Å². The second kappa shape index (κ2) is 6.57. The van der Waals surface area contributed by atoms with Gasteiger partial charge in [-0.3, -0.25) is 4.98 Å². The van der Waals surface area contributed by atoms with Crippen molar-refractivity contribution in [2.45, 2.75) is 26.3 Å². The molecule has 106 valence electrons. The Hall–Kier alpha value is -1.81. The second-order valence-corrected chi connectivity index (χ2v) is 4.79. The molecule has 4 heteroatoms. The van der Waals surface area contributed by atoms with Gasteiger partial charge < -0.3 is 5.32 Å². The molecule has 2 aromatic rings. The Morgan fingerprint density at radius 1 is 1.10 bits per heavy atom. The highest BCUT2D eigenvalue weighted by Gasteiger charge is 2.15. The van der Waals surface area contributed by atoms with Crippen LogP contribution >= 0.6 is 0 Å². The lowest BCUT2D eigenvalue weighted by atomic mass is 9.99. The Labute approximate surface area is 117 Å². The van der Waals surface area contributed by atoms with Gasteiger partial charge in [0.1, 0.15) is 0 Å². The van der Waals surface area contributed by atoms with Gasteiger partial charge in [0.15, 0.2) is 11.6 Å². The summed E-state index contributed by atoms with van der Waals surface area (Å²) in [6.45, 7) is 4.76. The number of pyridine rings is 1. The number of aromatic nitrogens is 1. The largest absolute Gasteiger partial charge is 0.306 e. The molecule has 20 heavy (non-hydrogen) atoms. The van der Waals surface area contributed by atoms with Crippen LogP contribution in [-0.4, -0.2) is 11.5 Å². The summed E-state index contributed by atoms with van der Waals surface area (Å²) >= 11 is 0. The van der Waals surface area contributed by atoms with E-state index in [9.17, 15) is 8.78 Å². The minimum Gasteiger partial charge on any atom is -0.306 e. The summed E-state index contributed by atoms with van der Waals surface area (Å²) in [5.74, 6) is -1.66. The summed E-state index contributed by atoms with van der Waals surface area (Å²) in [4.78, 5) is 4.27. The summed E-state index contributed by atoms with van der Waals surface area (Å²) < 4.78 is 26.5. The molecule has 1 atom stereocenters. The van der Waals surface area contributed by atoms with Gasteiger partial charge in [0.25, 0.3) is 0 Å². The topological polar surface area (TPSA) is 24.9 Å². The number of hydrogen-bond acceptors (Lipinski definition) is 2. The standard InChI is InChI=1S/C16H18F2N2/c1-3-8-19-16(13-5-4-11(2)20-10-13)12-6-7-14(17)15(18)9-12/h4-7,9-10,16,19H,3,8H2,1-2H3. The van der Waals surface area contributed by atoms with Gasteiger partial charge in [-0.1, -0.05) is 19.1 Å². The van der Waals surface area contributed by atoms with Crippen LogP contribution in [0.2, 0.25) is 0 Å². The van der Waals surface area contributed by atoms with E-state index in [1.165, 1.54) is 6.07 Å². The molecule has 0 amide bonds. The fourth-order valence-corrected chi connectivity index (χ4v) is 2.06. The molecule has 0 saturated carbocycles. The van der Waals surface area contributed by atoms with Gasteiger partial charge in [-0.25, -0.2) is 8.78 Å². The van der Waals surface area contributed by atoms with E-state index in [-0.39, 0.29) is 6.04 Å². The summed E-state index contributed by atoms with van der Waals surface area (Å²) in [6, 6.07) is 7.69. The third kappa shape index (κ3) is 3.39. The van der Waals surface area contributed by atoms with Gasteiger partial charge in [-0.05, 0) is 49.2 Å². The predicted octanol–water partition coefficient (Wildman–Crippen LogP) is 3.76. The van der Waals surface area contributed by atoms with Gasteiger partial charge in [-0.15, -0.1) is 0 Å². The van der Waals surface area contributed by atoms with Crippen LogP contribution in [-0.2, 0) is 0 Å². The maximum absolute atomic E-state index is 13.4. The van der Waals surface area contributed by atoms with Crippen LogP contribution in [0.25, 0.3) is 0 Å². The minimum atomic E-state index is -0.829. The number of aryl methyl sites for hydroxylation is 1. The molecule has 2 rings (SSSR count). The summed E-state index contributed by atoms with van der Waals surface area (Å²) in [5, 5.41) is 3.34. The fraction of sp³-hybridized carbons (Fsp3) is 0.312. The highest BCUT2D eigenvalue weighted by molar-refractivity contribution is 5.31. The van der Waals surface area contributed by atoms with Crippen molar-refractivity contribution in [1.82, 2.24) is 10.3 Å². The molecule has 1 aromatic carbocycles. The number of benzene rings is 1. The lowest BCUT2D eigenvalue weighted by Gasteiger charge is -2.19. The van der Waals surface area contributed by atoms with Crippen LogP contribution in [0.1, 0.15) is 36.2 Å². The minimum absolute atomic E-state index is 0.182. The lowest BCUT2D eigenvalue weighted by Crippen LogP contribution is -2.23. The van der Waals surface area contributed by atoms with E-state index in [1.807, 2.05) is 19.1 Å². The first-order valence-electron chi connectivity index (χ1n) is 6.72. The first-order chi connectivity index (χ1) is 9.61. The maximum Gasteiger partial charge on any atom is 0.159 e.